The summed E-state index contributed by atoms with van der Waals surface area (Å²) in [6, 6.07) is -1.06. The molecule has 2 amide bonds. The molecule has 0 radical (unpaired) electrons. The van der Waals surface area contributed by atoms with E-state index in [1.807, 2.05) is 13.8 Å². The molecule has 0 spiro atoms. The molecule has 14 heavy (non-hydrogen) atoms. The molecule has 0 aliphatic carbocycles. The first-order valence-electron chi connectivity index (χ1n) is 4.86. The summed E-state index contributed by atoms with van der Waals surface area (Å²) in [5.41, 5.74) is 5.50. The van der Waals surface area contributed by atoms with Gasteiger partial charge in [-0.15, -0.1) is 0 Å². The molecule has 2 unspecified atom stereocenters. The first kappa shape index (κ1) is 12.9. The molecular formula is C9H19N3O2. The maximum atomic E-state index is 11.3. The molecule has 4 N–H and O–H groups in total. The van der Waals surface area contributed by atoms with Crippen LogP contribution >= 0.6 is 0 Å². The highest BCUT2D eigenvalue weighted by Crippen LogP contribution is 1.88. The van der Waals surface area contributed by atoms with E-state index in [0.717, 1.165) is 0 Å². The lowest BCUT2D eigenvalue weighted by atomic mass is 10.2. The van der Waals surface area contributed by atoms with Gasteiger partial charge in [0.05, 0.1) is 6.04 Å². The highest BCUT2D eigenvalue weighted by molar-refractivity contribution is 5.89. The van der Waals surface area contributed by atoms with Crippen molar-refractivity contribution in [2.75, 3.05) is 6.54 Å². The molecule has 0 aliphatic heterocycles. The van der Waals surface area contributed by atoms with Crippen molar-refractivity contribution in [3.05, 3.63) is 0 Å². The molecule has 82 valence electrons. The molecule has 0 fully saturated rings. The zero-order valence-electron chi connectivity index (χ0n) is 8.96. The Hall–Kier alpha value is -1.10. The summed E-state index contributed by atoms with van der Waals surface area (Å²) in [5, 5.41) is 5.15. The topological polar surface area (TPSA) is 84.2 Å². The van der Waals surface area contributed by atoms with E-state index in [9.17, 15) is 9.59 Å². The van der Waals surface area contributed by atoms with Crippen LogP contribution in [0.2, 0.25) is 0 Å². The minimum absolute atomic E-state index is 0.191. The summed E-state index contributed by atoms with van der Waals surface area (Å²) < 4.78 is 0. The fourth-order valence-electron chi connectivity index (χ4n) is 0.899. The lowest BCUT2D eigenvalue weighted by Crippen LogP contribution is -2.50. The van der Waals surface area contributed by atoms with E-state index in [1.54, 1.807) is 6.92 Å². The number of nitrogens with one attached hydrogen (secondary N) is 2. The Kier molecular flexibility index (Phi) is 5.87. The van der Waals surface area contributed by atoms with Gasteiger partial charge in [0, 0.05) is 6.54 Å². The van der Waals surface area contributed by atoms with E-state index in [2.05, 4.69) is 10.6 Å². The van der Waals surface area contributed by atoms with E-state index >= 15 is 0 Å². The second-order valence-corrected chi connectivity index (χ2v) is 3.14. The van der Waals surface area contributed by atoms with E-state index in [0.29, 0.717) is 13.0 Å². The molecule has 5 heteroatoms. The van der Waals surface area contributed by atoms with Crippen molar-refractivity contribution in [2.45, 2.75) is 39.3 Å². The fourth-order valence-corrected chi connectivity index (χ4v) is 0.899. The Morgan fingerprint density at radius 1 is 1.29 bits per heavy atom. The predicted molar refractivity (Wildman–Crippen MR) is 54.6 cm³/mol. The van der Waals surface area contributed by atoms with Crippen molar-refractivity contribution in [2.24, 2.45) is 5.73 Å². The number of rotatable bonds is 5. The molecule has 5 nitrogen and oxygen atoms in total. The Balaban J connectivity index is 3.99. The van der Waals surface area contributed by atoms with Crippen LogP contribution in [0.1, 0.15) is 27.2 Å². The van der Waals surface area contributed by atoms with Crippen LogP contribution in [-0.2, 0) is 9.59 Å². The van der Waals surface area contributed by atoms with Crippen LogP contribution in [0.3, 0.4) is 0 Å². The van der Waals surface area contributed by atoms with Gasteiger partial charge in [-0.2, -0.15) is 0 Å². The zero-order valence-corrected chi connectivity index (χ0v) is 8.96. The average Bonchev–Trinajstić information content (AvgIpc) is 2.16. The van der Waals surface area contributed by atoms with Gasteiger partial charge in [0.25, 0.3) is 0 Å². The molecule has 0 rings (SSSR count). The number of likely N-dealkylation sites (N-methyl/N-ethyl adjacent to an activating group) is 1. The summed E-state index contributed by atoms with van der Waals surface area (Å²) in [7, 11) is 0. The van der Waals surface area contributed by atoms with Crippen LogP contribution in [0, 0.1) is 0 Å². The van der Waals surface area contributed by atoms with Gasteiger partial charge in [0.15, 0.2) is 0 Å². The van der Waals surface area contributed by atoms with Crippen LogP contribution in [-0.4, -0.2) is 30.4 Å². The maximum absolute atomic E-state index is 11.3. The van der Waals surface area contributed by atoms with Crippen molar-refractivity contribution in [3.63, 3.8) is 0 Å². The molecular weight excluding hydrogens is 182 g/mol. The van der Waals surface area contributed by atoms with Crippen molar-refractivity contribution in [3.8, 4) is 0 Å². The first-order chi connectivity index (χ1) is 6.52. The van der Waals surface area contributed by atoms with Gasteiger partial charge in [0.1, 0.15) is 6.04 Å². The quantitative estimate of drug-likeness (QED) is 0.553. The second-order valence-electron chi connectivity index (χ2n) is 3.14. The summed E-state index contributed by atoms with van der Waals surface area (Å²) in [4.78, 5) is 22.5. The van der Waals surface area contributed by atoms with Gasteiger partial charge in [-0.25, -0.2) is 0 Å². The summed E-state index contributed by atoms with van der Waals surface area (Å²) in [6.07, 6.45) is 0.563. The number of nitrogens with two attached hydrogens (primary N) is 1. The predicted octanol–water partition coefficient (Wildman–Crippen LogP) is -0.635. The van der Waals surface area contributed by atoms with Crippen LogP contribution in [0.25, 0.3) is 0 Å². The van der Waals surface area contributed by atoms with Gasteiger partial charge < -0.3 is 16.4 Å². The molecule has 0 aromatic carbocycles. The third-order valence-corrected chi connectivity index (χ3v) is 1.88. The normalized spacial score (nSPS) is 14.3. The van der Waals surface area contributed by atoms with Crippen LogP contribution in [0.15, 0.2) is 0 Å². The van der Waals surface area contributed by atoms with Gasteiger partial charge >= 0.3 is 0 Å². The molecule has 0 aromatic heterocycles. The summed E-state index contributed by atoms with van der Waals surface area (Å²) in [6.45, 7) is 5.83. The Labute approximate surface area is 84.4 Å². The van der Waals surface area contributed by atoms with E-state index in [-0.39, 0.29) is 11.8 Å². The SMILES string of the molecule is CCNC(=O)C(C)NC(=O)C(N)CC. The lowest BCUT2D eigenvalue weighted by molar-refractivity contribution is -0.129. The van der Waals surface area contributed by atoms with Crippen molar-refractivity contribution < 1.29 is 9.59 Å². The summed E-state index contributed by atoms with van der Waals surface area (Å²) >= 11 is 0. The second kappa shape index (κ2) is 6.37. The third-order valence-electron chi connectivity index (χ3n) is 1.88. The standard InChI is InChI=1S/C9H19N3O2/c1-4-7(10)9(14)12-6(3)8(13)11-5-2/h6-7H,4-5,10H2,1-3H3,(H,11,13)(H,12,14). The summed E-state index contributed by atoms with van der Waals surface area (Å²) in [5.74, 6) is -0.476. The highest BCUT2D eigenvalue weighted by atomic mass is 16.2. The molecule has 2 atom stereocenters. The molecule has 0 saturated heterocycles. The Morgan fingerprint density at radius 2 is 1.86 bits per heavy atom. The number of carbonyl (C=O) groups excluding carboxylic acids is 2. The van der Waals surface area contributed by atoms with Gasteiger partial charge in [0.2, 0.25) is 11.8 Å². The number of carbonyl (C=O) groups is 2. The molecule has 0 heterocycles. The molecule has 0 saturated carbocycles. The number of amides is 2. The van der Waals surface area contributed by atoms with E-state index in [4.69, 9.17) is 5.73 Å². The Bertz CT molecular complexity index is 206. The molecule has 0 aliphatic rings. The maximum Gasteiger partial charge on any atom is 0.242 e. The molecule has 0 aromatic rings. The minimum Gasteiger partial charge on any atom is -0.355 e. The van der Waals surface area contributed by atoms with Crippen molar-refractivity contribution in [1.29, 1.82) is 0 Å². The van der Waals surface area contributed by atoms with Crippen molar-refractivity contribution >= 4 is 11.8 Å². The number of hydrogen-bond donors (Lipinski definition) is 3. The highest BCUT2D eigenvalue weighted by Gasteiger charge is 2.17. The number of hydrogen-bond acceptors (Lipinski definition) is 3. The van der Waals surface area contributed by atoms with Crippen LogP contribution in [0.5, 0.6) is 0 Å². The van der Waals surface area contributed by atoms with E-state index in [1.165, 1.54) is 0 Å². The van der Waals surface area contributed by atoms with Crippen LogP contribution < -0.4 is 16.4 Å². The largest absolute Gasteiger partial charge is 0.355 e. The molecule has 0 bridgehead atoms. The smallest absolute Gasteiger partial charge is 0.242 e. The van der Waals surface area contributed by atoms with Gasteiger partial charge in [-0.05, 0) is 20.3 Å². The third kappa shape index (κ3) is 4.23. The van der Waals surface area contributed by atoms with Gasteiger partial charge in [-0.1, -0.05) is 6.92 Å². The average molecular weight is 201 g/mol. The lowest BCUT2D eigenvalue weighted by Gasteiger charge is -2.15. The Morgan fingerprint density at radius 3 is 2.29 bits per heavy atom. The van der Waals surface area contributed by atoms with E-state index < -0.39 is 12.1 Å². The minimum atomic E-state index is -0.535. The van der Waals surface area contributed by atoms with Gasteiger partial charge in [-0.3, -0.25) is 9.59 Å². The monoisotopic (exact) mass is 201 g/mol. The first-order valence-corrected chi connectivity index (χ1v) is 4.86. The van der Waals surface area contributed by atoms with Crippen molar-refractivity contribution in [1.82, 2.24) is 10.6 Å². The fraction of sp³-hybridized carbons (Fsp3) is 0.778. The van der Waals surface area contributed by atoms with Crippen LogP contribution in [0.4, 0.5) is 0 Å². The zero-order chi connectivity index (χ0) is 11.1.